The van der Waals surface area contributed by atoms with Crippen molar-refractivity contribution in [2.75, 3.05) is 45.1 Å². The largest absolute Gasteiger partial charge is 0.409 e. The molecule has 1 spiro atoms. The number of rotatable bonds is 7. The molecular weight excluding hydrogens is 591 g/mol. The number of hydrogen-bond acceptors (Lipinski definition) is 7. The molecule has 2 fully saturated rings. The number of benzene rings is 1. The first-order chi connectivity index (χ1) is 21.4. The molecular formula is C32H39F5N8. The van der Waals surface area contributed by atoms with Crippen LogP contribution in [0.25, 0.3) is 22.3 Å². The van der Waals surface area contributed by atoms with E-state index in [0.29, 0.717) is 5.41 Å². The number of nitrogens with zero attached hydrogens (tertiary/aromatic N) is 6. The van der Waals surface area contributed by atoms with Gasteiger partial charge in [0.25, 0.3) is 0 Å². The van der Waals surface area contributed by atoms with Crippen molar-refractivity contribution in [3.8, 4) is 11.3 Å². The molecule has 2 atom stereocenters. The van der Waals surface area contributed by atoms with Crippen LogP contribution >= 0.6 is 0 Å². The maximum absolute atomic E-state index is 15.1. The second-order valence-corrected chi connectivity index (χ2v) is 12.8. The SMILES string of the molecule is CC(/C=C\C(=C/N)CN1CCC2(CCN(C)CC2)CC1)Nc1ncc(F)c(-c2cc(F)c3nc4n(c3c2)[C@H](C(F)(F)F)CC4)n1. The first-order valence-electron chi connectivity index (χ1n) is 15.5. The number of halogens is 5. The molecule has 8 nitrogen and oxygen atoms in total. The summed E-state index contributed by atoms with van der Waals surface area (Å²) in [4.78, 5) is 17.2. The van der Waals surface area contributed by atoms with Gasteiger partial charge in [-0.3, -0.25) is 4.90 Å². The third-order valence-corrected chi connectivity index (χ3v) is 9.71. The van der Waals surface area contributed by atoms with Gasteiger partial charge in [-0.05, 0) is 102 Å². The Bertz CT molecular complexity index is 1600. The van der Waals surface area contributed by atoms with E-state index in [4.69, 9.17) is 5.73 Å². The lowest BCUT2D eigenvalue weighted by Crippen LogP contribution is -2.46. The van der Waals surface area contributed by atoms with Gasteiger partial charge >= 0.3 is 6.18 Å². The molecule has 242 valence electrons. The number of alkyl halides is 3. The first kappa shape index (κ1) is 31.4. The van der Waals surface area contributed by atoms with Gasteiger partial charge < -0.3 is 20.5 Å². The number of likely N-dealkylation sites (tertiary alicyclic amines) is 2. The van der Waals surface area contributed by atoms with E-state index in [1.54, 1.807) is 6.20 Å². The Kier molecular flexibility index (Phi) is 8.59. The fraction of sp³-hybridized carbons (Fsp3) is 0.531. The van der Waals surface area contributed by atoms with Crippen molar-refractivity contribution in [1.29, 1.82) is 0 Å². The highest BCUT2D eigenvalue weighted by Gasteiger charge is 2.46. The highest BCUT2D eigenvalue weighted by molar-refractivity contribution is 5.83. The molecule has 3 aliphatic heterocycles. The maximum Gasteiger partial charge on any atom is 0.409 e. The Morgan fingerprint density at radius 3 is 2.49 bits per heavy atom. The van der Waals surface area contributed by atoms with Crippen LogP contribution < -0.4 is 11.1 Å². The Morgan fingerprint density at radius 1 is 1.09 bits per heavy atom. The van der Waals surface area contributed by atoms with Crippen LogP contribution in [0.4, 0.5) is 27.9 Å². The van der Waals surface area contributed by atoms with Gasteiger partial charge in [-0.1, -0.05) is 12.2 Å². The molecule has 6 rings (SSSR count). The van der Waals surface area contributed by atoms with Crippen LogP contribution in [0.2, 0.25) is 0 Å². The molecule has 1 unspecified atom stereocenters. The van der Waals surface area contributed by atoms with Crippen molar-refractivity contribution in [2.24, 2.45) is 11.1 Å². The molecule has 5 heterocycles. The first-order valence-corrected chi connectivity index (χ1v) is 15.5. The van der Waals surface area contributed by atoms with Crippen LogP contribution in [0.3, 0.4) is 0 Å². The van der Waals surface area contributed by atoms with Gasteiger partial charge in [-0.25, -0.2) is 23.7 Å². The minimum absolute atomic E-state index is 0.00132. The van der Waals surface area contributed by atoms with Gasteiger partial charge in [-0.15, -0.1) is 0 Å². The van der Waals surface area contributed by atoms with Crippen molar-refractivity contribution in [2.45, 2.75) is 63.7 Å². The number of nitrogens with one attached hydrogen (secondary N) is 1. The normalized spacial score (nSPS) is 22.0. The highest BCUT2D eigenvalue weighted by atomic mass is 19.4. The Morgan fingerprint density at radius 2 is 1.80 bits per heavy atom. The fourth-order valence-corrected chi connectivity index (χ4v) is 6.92. The molecule has 2 aromatic heterocycles. The standard InChI is InChI=1S/C32H39F5N8/c1-20(3-4-21(17-38)19-44-13-9-31(10-14-44)7-11-43(2)12-8-31)40-30-39-18-24(34)28(42-30)22-15-23(33)29-25(16-22)45-26(32(35,36)37)5-6-27(45)41-29/h3-4,15-18,20,26H,5-14,19,38H2,1-2H3,(H,39,40,42)/b4-3-,21-17+/t20?,26-/m0/s1. The van der Waals surface area contributed by atoms with Crippen LogP contribution in [0.1, 0.15) is 50.9 Å². The van der Waals surface area contributed by atoms with Crippen molar-refractivity contribution in [1.82, 2.24) is 29.3 Å². The Labute approximate surface area is 259 Å². The molecule has 13 heteroatoms. The molecule has 2 saturated heterocycles. The quantitative estimate of drug-likeness (QED) is 0.251. The van der Waals surface area contributed by atoms with Crippen LogP contribution in [0.15, 0.2) is 42.3 Å². The lowest BCUT2D eigenvalue weighted by Gasteiger charge is -2.46. The molecule has 0 saturated carbocycles. The van der Waals surface area contributed by atoms with Crippen molar-refractivity contribution < 1.29 is 22.0 Å². The summed E-state index contributed by atoms with van der Waals surface area (Å²) in [5.41, 5.74) is 6.96. The van der Waals surface area contributed by atoms with Crippen LogP contribution in [0, 0.1) is 17.0 Å². The predicted molar refractivity (Wildman–Crippen MR) is 163 cm³/mol. The van der Waals surface area contributed by atoms with Gasteiger partial charge in [0, 0.05) is 24.6 Å². The number of imidazole rings is 1. The number of nitrogens with two attached hydrogens (primary N) is 1. The number of anilines is 1. The third-order valence-electron chi connectivity index (χ3n) is 9.71. The van der Waals surface area contributed by atoms with E-state index in [-0.39, 0.29) is 52.9 Å². The van der Waals surface area contributed by atoms with E-state index in [1.165, 1.54) is 44.8 Å². The molecule has 1 aromatic carbocycles. The zero-order valence-corrected chi connectivity index (χ0v) is 25.5. The molecule has 45 heavy (non-hydrogen) atoms. The number of aryl methyl sites for hydroxylation is 1. The van der Waals surface area contributed by atoms with Crippen molar-refractivity contribution >= 4 is 17.0 Å². The van der Waals surface area contributed by atoms with Crippen molar-refractivity contribution in [3.63, 3.8) is 0 Å². The number of hydrogen-bond donors (Lipinski definition) is 2. The second-order valence-electron chi connectivity index (χ2n) is 12.8. The zero-order chi connectivity index (χ0) is 31.9. The summed E-state index contributed by atoms with van der Waals surface area (Å²) in [6.45, 7) is 7.04. The Balaban J connectivity index is 1.13. The number of piperidine rings is 2. The molecule has 0 aliphatic carbocycles. The average molecular weight is 631 g/mol. The highest BCUT2D eigenvalue weighted by Crippen LogP contribution is 2.43. The maximum atomic E-state index is 15.1. The lowest BCUT2D eigenvalue weighted by atomic mass is 9.71. The van der Waals surface area contributed by atoms with E-state index in [2.05, 4.69) is 37.1 Å². The second kappa shape index (κ2) is 12.3. The zero-order valence-electron chi connectivity index (χ0n) is 25.5. The smallest absolute Gasteiger partial charge is 0.404 e. The Hall–Kier alpha value is -3.58. The lowest BCUT2D eigenvalue weighted by molar-refractivity contribution is -0.164. The molecule has 0 bridgehead atoms. The van der Waals surface area contributed by atoms with E-state index in [1.807, 2.05) is 19.1 Å². The molecule has 3 aromatic rings. The van der Waals surface area contributed by atoms with Gasteiger partial charge in [0.05, 0.1) is 11.7 Å². The van der Waals surface area contributed by atoms with Crippen LogP contribution in [0.5, 0.6) is 0 Å². The predicted octanol–water partition coefficient (Wildman–Crippen LogP) is 5.83. The van der Waals surface area contributed by atoms with Gasteiger partial charge in [0.1, 0.15) is 23.1 Å². The van der Waals surface area contributed by atoms with E-state index >= 15 is 4.39 Å². The summed E-state index contributed by atoms with van der Waals surface area (Å²) in [5, 5.41) is 3.10. The summed E-state index contributed by atoms with van der Waals surface area (Å²) in [6.07, 6.45) is 6.74. The van der Waals surface area contributed by atoms with Crippen molar-refractivity contribution in [3.05, 3.63) is 59.7 Å². The van der Waals surface area contributed by atoms with Crippen LogP contribution in [-0.4, -0.2) is 81.3 Å². The van der Waals surface area contributed by atoms with Gasteiger partial charge in [0.2, 0.25) is 5.95 Å². The third kappa shape index (κ3) is 6.55. The number of aromatic nitrogens is 4. The minimum atomic E-state index is -4.52. The summed E-state index contributed by atoms with van der Waals surface area (Å²) in [7, 11) is 2.19. The monoisotopic (exact) mass is 630 g/mol. The minimum Gasteiger partial charge on any atom is -0.404 e. The fourth-order valence-electron chi connectivity index (χ4n) is 6.92. The van der Waals surface area contributed by atoms with Crippen LogP contribution in [-0.2, 0) is 6.42 Å². The molecule has 3 aliphatic rings. The van der Waals surface area contributed by atoms with E-state index < -0.39 is 23.9 Å². The molecule has 0 amide bonds. The molecule has 3 N–H and O–H groups in total. The molecule has 0 radical (unpaired) electrons. The summed E-state index contributed by atoms with van der Waals surface area (Å²) >= 11 is 0. The summed E-state index contributed by atoms with van der Waals surface area (Å²) < 4.78 is 72.1. The van der Waals surface area contributed by atoms with E-state index in [9.17, 15) is 17.6 Å². The van der Waals surface area contributed by atoms with E-state index in [0.717, 1.165) is 42.0 Å². The number of fused-ring (bicyclic) bond motifs is 3. The summed E-state index contributed by atoms with van der Waals surface area (Å²) in [6, 6.07) is 0.266. The average Bonchev–Trinajstić information content (AvgIpc) is 3.59. The van der Waals surface area contributed by atoms with Gasteiger partial charge in [0.15, 0.2) is 11.6 Å². The van der Waals surface area contributed by atoms with Gasteiger partial charge in [-0.2, -0.15) is 13.2 Å². The summed E-state index contributed by atoms with van der Waals surface area (Å²) in [5.74, 6) is -1.42. The topological polar surface area (TPSA) is 88.1 Å².